The molecule has 0 unspecified atom stereocenters. The SMILES string of the molecule is Cc1nn(C)c(C)c1CCC(=O)N(C)CC(C)(C)O. The highest BCUT2D eigenvalue weighted by Gasteiger charge is 2.20. The smallest absolute Gasteiger partial charge is 0.222 e. The monoisotopic (exact) mass is 267 g/mol. The van der Waals surface area contributed by atoms with Crippen LogP contribution in [0.5, 0.6) is 0 Å². The number of hydrogen-bond donors (Lipinski definition) is 1. The Morgan fingerprint density at radius 3 is 2.42 bits per heavy atom. The molecule has 0 aliphatic carbocycles. The van der Waals surface area contributed by atoms with Gasteiger partial charge in [0.25, 0.3) is 0 Å². The number of amides is 1. The van der Waals surface area contributed by atoms with Crippen LogP contribution >= 0.6 is 0 Å². The number of nitrogens with zero attached hydrogens (tertiary/aromatic N) is 3. The summed E-state index contributed by atoms with van der Waals surface area (Å²) in [6.45, 7) is 7.73. The van der Waals surface area contributed by atoms with Crippen molar-refractivity contribution >= 4 is 5.91 Å². The summed E-state index contributed by atoms with van der Waals surface area (Å²) in [5.41, 5.74) is 2.38. The number of aromatic nitrogens is 2. The molecule has 1 aromatic heterocycles. The molecule has 5 nitrogen and oxygen atoms in total. The number of carbonyl (C=O) groups is 1. The second kappa shape index (κ2) is 5.74. The lowest BCUT2D eigenvalue weighted by molar-refractivity contribution is -0.132. The van der Waals surface area contributed by atoms with E-state index in [1.165, 1.54) is 0 Å². The van der Waals surface area contributed by atoms with Gasteiger partial charge in [0.15, 0.2) is 0 Å². The average Bonchev–Trinajstić information content (AvgIpc) is 2.48. The summed E-state index contributed by atoms with van der Waals surface area (Å²) < 4.78 is 1.84. The predicted octanol–water partition coefficient (Wildman–Crippen LogP) is 1.20. The lowest BCUT2D eigenvalue weighted by atomic mass is 10.1. The molecule has 0 atom stereocenters. The van der Waals surface area contributed by atoms with Gasteiger partial charge in [0.1, 0.15) is 0 Å². The van der Waals surface area contributed by atoms with Crippen molar-refractivity contribution < 1.29 is 9.90 Å². The molecular weight excluding hydrogens is 242 g/mol. The molecule has 0 aliphatic heterocycles. The Bertz CT molecular complexity index is 458. The Morgan fingerprint density at radius 2 is 2.00 bits per heavy atom. The number of rotatable bonds is 5. The molecule has 0 aromatic carbocycles. The van der Waals surface area contributed by atoms with Crippen LogP contribution in [0, 0.1) is 13.8 Å². The van der Waals surface area contributed by atoms with E-state index in [2.05, 4.69) is 5.10 Å². The third kappa shape index (κ3) is 4.35. The van der Waals surface area contributed by atoms with Gasteiger partial charge in [-0.2, -0.15) is 5.10 Å². The summed E-state index contributed by atoms with van der Waals surface area (Å²) >= 11 is 0. The van der Waals surface area contributed by atoms with Gasteiger partial charge >= 0.3 is 0 Å². The number of aliphatic hydroxyl groups is 1. The highest BCUT2D eigenvalue weighted by molar-refractivity contribution is 5.76. The van der Waals surface area contributed by atoms with E-state index < -0.39 is 5.60 Å². The van der Waals surface area contributed by atoms with E-state index in [9.17, 15) is 9.90 Å². The van der Waals surface area contributed by atoms with Crippen molar-refractivity contribution in [3.05, 3.63) is 17.0 Å². The summed E-state index contributed by atoms with van der Waals surface area (Å²) in [6, 6.07) is 0. The standard InChI is InChI=1S/C14H25N3O2/c1-10-12(11(2)17(6)15-10)7-8-13(18)16(5)9-14(3,4)19/h19H,7-9H2,1-6H3. The minimum Gasteiger partial charge on any atom is -0.389 e. The molecule has 0 fully saturated rings. The first-order valence-electron chi connectivity index (χ1n) is 6.57. The Balaban J connectivity index is 2.59. The van der Waals surface area contributed by atoms with Crippen LogP contribution in [0.25, 0.3) is 0 Å². The van der Waals surface area contributed by atoms with Crippen molar-refractivity contribution in [2.75, 3.05) is 13.6 Å². The zero-order chi connectivity index (χ0) is 14.8. The molecule has 0 radical (unpaired) electrons. The fourth-order valence-corrected chi connectivity index (χ4v) is 2.27. The maximum absolute atomic E-state index is 12.0. The summed E-state index contributed by atoms with van der Waals surface area (Å²) in [5, 5.41) is 14.1. The van der Waals surface area contributed by atoms with Gasteiger partial charge in [0.2, 0.25) is 5.91 Å². The number of hydrogen-bond acceptors (Lipinski definition) is 3. The molecule has 0 spiro atoms. The van der Waals surface area contributed by atoms with Gasteiger partial charge in [-0.05, 0) is 39.7 Å². The second-order valence-corrected chi connectivity index (χ2v) is 5.84. The quantitative estimate of drug-likeness (QED) is 0.872. The van der Waals surface area contributed by atoms with Crippen LogP contribution in [-0.2, 0) is 18.3 Å². The van der Waals surface area contributed by atoms with Crippen LogP contribution in [0.1, 0.15) is 37.2 Å². The van der Waals surface area contributed by atoms with E-state index in [1.54, 1.807) is 25.8 Å². The minimum absolute atomic E-state index is 0.0461. The first-order valence-corrected chi connectivity index (χ1v) is 6.57. The molecule has 5 heteroatoms. The Kier molecular flexibility index (Phi) is 4.74. The molecule has 0 saturated heterocycles. The van der Waals surface area contributed by atoms with Crippen LogP contribution in [0.4, 0.5) is 0 Å². The Morgan fingerprint density at radius 1 is 1.42 bits per heavy atom. The summed E-state index contributed by atoms with van der Waals surface area (Å²) in [4.78, 5) is 13.6. The zero-order valence-electron chi connectivity index (χ0n) is 12.8. The van der Waals surface area contributed by atoms with Gasteiger partial charge in [-0.25, -0.2) is 0 Å². The lowest BCUT2D eigenvalue weighted by Crippen LogP contribution is -2.39. The van der Waals surface area contributed by atoms with Gasteiger partial charge in [0, 0.05) is 32.8 Å². The van der Waals surface area contributed by atoms with Crippen molar-refractivity contribution in [3.8, 4) is 0 Å². The van der Waals surface area contributed by atoms with E-state index in [-0.39, 0.29) is 5.91 Å². The molecule has 1 N–H and O–H groups in total. The molecule has 108 valence electrons. The summed E-state index contributed by atoms with van der Waals surface area (Å²) in [5.74, 6) is 0.0461. The molecule has 19 heavy (non-hydrogen) atoms. The van der Waals surface area contributed by atoms with Crippen LogP contribution < -0.4 is 0 Å². The first-order chi connectivity index (χ1) is 8.61. The van der Waals surface area contributed by atoms with E-state index in [1.807, 2.05) is 25.6 Å². The fourth-order valence-electron chi connectivity index (χ4n) is 2.27. The second-order valence-electron chi connectivity index (χ2n) is 5.84. The first kappa shape index (κ1) is 15.7. The van der Waals surface area contributed by atoms with Crippen molar-refractivity contribution in [2.24, 2.45) is 7.05 Å². The van der Waals surface area contributed by atoms with Crippen molar-refractivity contribution in [3.63, 3.8) is 0 Å². The minimum atomic E-state index is -0.857. The van der Waals surface area contributed by atoms with Crippen molar-refractivity contribution in [2.45, 2.75) is 46.1 Å². The molecule has 0 saturated carbocycles. The molecule has 1 rings (SSSR count). The van der Waals surface area contributed by atoms with Crippen LogP contribution in [0.2, 0.25) is 0 Å². The highest BCUT2D eigenvalue weighted by atomic mass is 16.3. The van der Waals surface area contributed by atoms with Gasteiger partial charge < -0.3 is 10.0 Å². The summed E-state index contributed by atoms with van der Waals surface area (Å²) in [7, 11) is 3.64. The van der Waals surface area contributed by atoms with Crippen molar-refractivity contribution in [1.29, 1.82) is 0 Å². The molecule has 1 heterocycles. The third-order valence-corrected chi connectivity index (χ3v) is 3.30. The highest BCUT2D eigenvalue weighted by Crippen LogP contribution is 2.15. The fraction of sp³-hybridized carbons (Fsp3) is 0.714. The van der Waals surface area contributed by atoms with E-state index >= 15 is 0 Å². The Hall–Kier alpha value is -1.36. The van der Waals surface area contributed by atoms with E-state index in [0.29, 0.717) is 19.4 Å². The normalized spacial score (nSPS) is 11.7. The van der Waals surface area contributed by atoms with Gasteiger partial charge in [-0.15, -0.1) is 0 Å². The summed E-state index contributed by atoms with van der Waals surface area (Å²) in [6.07, 6.45) is 1.14. The van der Waals surface area contributed by atoms with Crippen LogP contribution in [-0.4, -0.2) is 44.9 Å². The number of likely N-dealkylation sites (N-methyl/N-ethyl adjacent to an activating group) is 1. The molecule has 0 bridgehead atoms. The maximum Gasteiger partial charge on any atom is 0.222 e. The Labute approximate surface area is 115 Å². The lowest BCUT2D eigenvalue weighted by Gasteiger charge is -2.25. The number of aryl methyl sites for hydroxylation is 2. The van der Waals surface area contributed by atoms with Gasteiger partial charge in [-0.1, -0.05) is 0 Å². The van der Waals surface area contributed by atoms with E-state index in [4.69, 9.17) is 0 Å². The van der Waals surface area contributed by atoms with Crippen LogP contribution in [0.3, 0.4) is 0 Å². The topological polar surface area (TPSA) is 58.4 Å². The van der Waals surface area contributed by atoms with Gasteiger partial charge in [0.05, 0.1) is 11.3 Å². The predicted molar refractivity (Wildman–Crippen MR) is 74.9 cm³/mol. The van der Waals surface area contributed by atoms with E-state index in [0.717, 1.165) is 17.0 Å². The van der Waals surface area contributed by atoms with Gasteiger partial charge in [-0.3, -0.25) is 9.48 Å². The third-order valence-electron chi connectivity index (χ3n) is 3.30. The van der Waals surface area contributed by atoms with Crippen LogP contribution in [0.15, 0.2) is 0 Å². The molecular formula is C14H25N3O2. The maximum atomic E-state index is 12.0. The molecule has 0 aliphatic rings. The molecule has 1 amide bonds. The zero-order valence-corrected chi connectivity index (χ0v) is 12.8. The molecule has 1 aromatic rings. The number of carbonyl (C=O) groups excluding carboxylic acids is 1. The van der Waals surface area contributed by atoms with Crippen molar-refractivity contribution in [1.82, 2.24) is 14.7 Å². The average molecular weight is 267 g/mol. The largest absolute Gasteiger partial charge is 0.389 e.